The van der Waals surface area contributed by atoms with E-state index in [1.807, 2.05) is 0 Å². The maximum absolute atomic E-state index is 9.85. The molecule has 0 saturated carbocycles. The van der Waals surface area contributed by atoms with E-state index in [0.29, 0.717) is 0 Å². The molecular formula is C6H16O11P2. The molecule has 0 aromatic carbocycles. The molecule has 0 aromatic heterocycles. The quantitative estimate of drug-likeness (QED) is 0.177. The molecule has 0 rings (SSSR count). The van der Waals surface area contributed by atoms with Crippen LogP contribution in [-0.2, 0) is 13.9 Å². The lowest BCUT2D eigenvalue weighted by Crippen LogP contribution is -2.40. The Morgan fingerprint density at radius 1 is 0.947 bits per heavy atom. The number of carbonyl (C=O) groups excluding carboxylic acids is 1. The zero-order valence-electron chi connectivity index (χ0n) is 9.42. The van der Waals surface area contributed by atoms with Gasteiger partial charge in [-0.3, -0.25) is 9.13 Å². The molecule has 0 saturated heterocycles. The van der Waals surface area contributed by atoms with Crippen LogP contribution in [0.1, 0.15) is 0 Å². The summed E-state index contributed by atoms with van der Waals surface area (Å²) >= 11 is 0. The van der Waals surface area contributed by atoms with E-state index >= 15 is 0 Å². The van der Waals surface area contributed by atoms with Crippen molar-refractivity contribution in [1.29, 1.82) is 0 Å². The van der Waals surface area contributed by atoms with Crippen molar-refractivity contribution in [1.82, 2.24) is 0 Å². The van der Waals surface area contributed by atoms with Crippen LogP contribution in [0.15, 0.2) is 0 Å². The number of hydrogen-bond donors (Lipinski definition) is 8. The second-order valence-electron chi connectivity index (χ2n) is 3.34. The molecule has 3 unspecified atom stereocenters. The lowest BCUT2D eigenvalue weighted by atomic mass is 10.1. The molecule has 0 aliphatic carbocycles. The molecule has 13 heteroatoms. The first kappa shape index (κ1) is 21.1. The SMILES string of the molecule is O=CC(O)C(O)C(O)CO.O=P(O)(O)CP(=O)(O)O. The average molecular weight is 326 g/mol. The van der Waals surface area contributed by atoms with Crippen LogP contribution in [-0.4, -0.2) is 77.1 Å². The standard InChI is InChI=1S/C5H10O5.CH6O6P2/c6-1-3(8)5(10)4(9)2-7;2-8(3,4)1-9(5,6)7/h1,3-5,7-10H,2H2;1H2,(H2,2,3,4)(H2,5,6,7). The second kappa shape index (κ2) is 8.88. The van der Waals surface area contributed by atoms with Gasteiger partial charge in [0.2, 0.25) is 0 Å². The molecule has 0 bridgehead atoms. The van der Waals surface area contributed by atoms with E-state index in [4.69, 9.17) is 40.0 Å². The van der Waals surface area contributed by atoms with Crippen LogP contribution in [0.3, 0.4) is 0 Å². The van der Waals surface area contributed by atoms with Crippen molar-refractivity contribution in [2.45, 2.75) is 18.3 Å². The van der Waals surface area contributed by atoms with Crippen molar-refractivity contribution < 1.29 is 53.9 Å². The Morgan fingerprint density at radius 3 is 1.47 bits per heavy atom. The summed E-state index contributed by atoms with van der Waals surface area (Å²) in [6.45, 7) is -0.688. The van der Waals surface area contributed by atoms with Gasteiger partial charge in [0, 0.05) is 0 Å². The molecule has 3 atom stereocenters. The molecule has 0 heterocycles. The number of rotatable bonds is 6. The lowest BCUT2D eigenvalue weighted by Gasteiger charge is -2.16. The summed E-state index contributed by atoms with van der Waals surface area (Å²) in [6.07, 6.45) is -4.63. The van der Waals surface area contributed by atoms with E-state index < -0.39 is 46.0 Å². The third-order valence-electron chi connectivity index (χ3n) is 1.44. The first-order chi connectivity index (χ1) is 8.34. The number of aliphatic hydroxyl groups excluding tert-OH is 4. The smallest absolute Gasteiger partial charge is 0.337 e. The molecule has 0 aromatic rings. The Labute approximate surface area is 107 Å². The van der Waals surface area contributed by atoms with Crippen LogP contribution >= 0.6 is 15.2 Å². The predicted octanol–water partition coefficient (Wildman–Crippen LogP) is -3.44. The Kier molecular flexibility index (Phi) is 9.87. The molecule has 0 aliphatic heterocycles. The van der Waals surface area contributed by atoms with Gasteiger partial charge >= 0.3 is 15.2 Å². The normalized spacial score (nSPS) is 16.8. The monoisotopic (exact) mass is 326 g/mol. The van der Waals surface area contributed by atoms with E-state index in [1.165, 1.54) is 0 Å². The average Bonchev–Trinajstić information content (AvgIpc) is 2.21. The van der Waals surface area contributed by atoms with Crippen LogP contribution in [0.2, 0.25) is 0 Å². The zero-order chi connectivity index (χ0) is 15.9. The van der Waals surface area contributed by atoms with E-state index in [1.54, 1.807) is 0 Å². The number of hydrogen-bond acceptors (Lipinski definition) is 7. The van der Waals surface area contributed by atoms with Gasteiger partial charge in [-0.25, -0.2) is 0 Å². The van der Waals surface area contributed by atoms with Crippen LogP contribution in [0.25, 0.3) is 0 Å². The molecule has 116 valence electrons. The number of aliphatic hydroxyl groups is 4. The van der Waals surface area contributed by atoms with Crippen LogP contribution in [0, 0.1) is 0 Å². The first-order valence-electron chi connectivity index (χ1n) is 4.53. The summed E-state index contributed by atoms with van der Waals surface area (Å²) in [5, 5.41) is 34.1. The van der Waals surface area contributed by atoms with E-state index in [9.17, 15) is 13.9 Å². The molecule has 0 spiro atoms. The molecule has 0 aliphatic rings. The fourth-order valence-corrected chi connectivity index (χ4v) is 2.58. The van der Waals surface area contributed by atoms with Crippen LogP contribution in [0.4, 0.5) is 0 Å². The minimum atomic E-state index is -4.55. The molecule has 0 amide bonds. The van der Waals surface area contributed by atoms with Crippen LogP contribution in [0.5, 0.6) is 0 Å². The highest BCUT2D eigenvalue weighted by Crippen LogP contribution is 2.51. The zero-order valence-corrected chi connectivity index (χ0v) is 11.2. The van der Waals surface area contributed by atoms with Crippen molar-refractivity contribution >= 4 is 21.5 Å². The second-order valence-corrected chi connectivity index (χ2v) is 7.13. The maximum atomic E-state index is 9.85. The highest BCUT2D eigenvalue weighted by molar-refractivity contribution is 7.69. The van der Waals surface area contributed by atoms with E-state index in [2.05, 4.69) is 0 Å². The Bertz CT molecular complexity index is 325. The number of aldehydes is 1. The van der Waals surface area contributed by atoms with Gasteiger partial charge in [-0.15, -0.1) is 0 Å². The summed E-state index contributed by atoms with van der Waals surface area (Å²) in [5.41, 5.74) is 0. The topological polar surface area (TPSA) is 213 Å². The third kappa shape index (κ3) is 14.0. The summed E-state index contributed by atoms with van der Waals surface area (Å²) in [7, 11) is -9.10. The summed E-state index contributed by atoms with van der Waals surface area (Å²) < 4.78 is 19.7. The van der Waals surface area contributed by atoms with Crippen molar-refractivity contribution in [3.63, 3.8) is 0 Å². The van der Waals surface area contributed by atoms with E-state index in [-0.39, 0.29) is 6.29 Å². The van der Waals surface area contributed by atoms with Gasteiger partial charge in [-0.2, -0.15) is 0 Å². The molecule has 0 fully saturated rings. The van der Waals surface area contributed by atoms with Gasteiger partial charge in [0.1, 0.15) is 18.3 Å². The lowest BCUT2D eigenvalue weighted by molar-refractivity contribution is -0.127. The Hall–Kier alpha value is -0.190. The van der Waals surface area contributed by atoms with Gasteiger partial charge in [0.05, 0.1) is 6.61 Å². The molecule has 19 heavy (non-hydrogen) atoms. The number of carbonyl (C=O) groups is 1. The Balaban J connectivity index is 0. The van der Waals surface area contributed by atoms with Crippen molar-refractivity contribution in [3.8, 4) is 0 Å². The summed E-state index contributed by atoms with van der Waals surface area (Å²) in [5.74, 6) is -1.38. The largest absolute Gasteiger partial charge is 0.394 e. The Morgan fingerprint density at radius 2 is 1.32 bits per heavy atom. The fourth-order valence-electron chi connectivity index (χ4n) is 0.656. The fraction of sp³-hybridized carbons (Fsp3) is 0.833. The molecule has 8 N–H and O–H groups in total. The highest BCUT2D eigenvalue weighted by Gasteiger charge is 2.26. The summed E-state index contributed by atoms with van der Waals surface area (Å²) in [6, 6.07) is 0. The predicted molar refractivity (Wildman–Crippen MR) is 60.1 cm³/mol. The van der Waals surface area contributed by atoms with Crippen molar-refractivity contribution in [2.24, 2.45) is 0 Å². The van der Waals surface area contributed by atoms with Gasteiger partial charge in [0.15, 0.2) is 12.2 Å². The van der Waals surface area contributed by atoms with Crippen molar-refractivity contribution in [2.75, 3.05) is 12.5 Å². The minimum Gasteiger partial charge on any atom is -0.394 e. The minimum absolute atomic E-state index is 0.0869. The third-order valence-corrected chi connectivity index (χ3v) is 4.39. The molecule has 11 nitrogen and oxygen atoms in total. The maximum Gasteiger partial charge on any atom is 0.337 e. The van der Waals surface area contributed by atoms with Gasteiger partial charge in [0.25, 0.3) is 0 Å². The van der Waals surface area contributed by atoms with Crippen molar-refractivity contribution in [3.05, 3.63) is 0 Å². The van der Waals surface area contributed by atoms with E-state index in [0.717, 1.165) is 0 Å². The highest BCUT2D eigenvalue weighted by atomic mass is 31.2. The van der Waals surface area contributed by atoms with Gasteiger partial charge < -0.3 is 44.8 Å². The molecular weight excluding hydrogens is 310 g/mol. The van der Waals surface area contributed by atoms with Crippen LogP contribution < -0.4 is 0 Å². The summed E-state index contributed by atoms with van der Waals surface area (Å²) in [4.78, 5) is 41.7. The first-order valence-corrected chi connectivity index (χ1v) is 8.13. The van der Waals surface area contributed by atoms with Gasteiger partial charge in [-0.05, 0) is 0 Å². The van der Waals surface area contributed by atoms with Gasteiger partial charge in [-0.1, -0.05) is 0 Å². The molecule has 0 radical (unpaired) electrons.